The average molecular weight is 370 g/mol. The Labute approximate surface area is 159 Å². The van der Waals surface area contributed by atoms with Gasteiger partial charge >= 0.3 is 0 Å². The number of ether oxygens (including phenoxy) is 1. The van der Waals surface area contributed by atoms with E-state index < -0.39 is 5.60 Å². The van der Waals surface area contributed by atoms with Crippen molar-refractivity contribution in [3.05, 3.63) is 53.7 Å². The zero-order valence-corrected chi connectivity index (χ0v) is 15.5. The molecule has 1 aliphatic rings. The molecule has 1 aromatic heterocycles. The molecular formula is C20H26N4O3. The summed E-state index contributed by atoms with van der Waals surface area (Å²) in [6, 6.07) is 11.3. The van der Waals surface area contributed by atoms with Crippen LogP contribution in [0.4, 0.5) is 5.82 Å². The summed E-state index contributed by atoms with van der Waals surface area (Å²) in [5.41, 5.74) is 6.24. The zero-order chi connectivity index (χ0) is 19.3. The van der Waals surface area contributed by atoms with E-state index in [0.717, 1.165) is 23.3 Å². The number of nitrogens with zero attached hydrogens (tertiary/aromatic N) is 2. The number of aliphatic hydroxyl groups is 1. The topological polar surface area (TPSA) is 101 Å². The number of benzene rings is 1. The molecule has 0 unspecified atom stereocenters. The van der Waals surface area contributed by atoms with E-state index in [4.69, 9.17) is 10.5 Å². The number of rotatable bonds is 7. The van der Waals surface area contributed by atoms with Crippen molar-refractivity contribution in [3.8, 4) is 5.75 Å². The van der Waals surface area contributed by atoms with Crippen LogP contribution in [0.2, 0.25) is 0 Å². The molecule has 7 heteroatoms. The normalized spacial score (nSPS) is 19.9. The fourth-order valence-electron chi connectivity index (χ4n) is 3.38. The van der Waals surface area contributed by atoms with Gasteiger partial charge in [-0.1, -0.05) is 18.2 Å². The van der Waals surface area contributed by atoms with E-state index in [0.29, 0.717) is 31.9 Å². The number of nitrogen functional groups attached to an aromatic ring is 1. The smallest absolute Gasteiger partial charge is 0.256 e. The summed E-state index contributed by atoms with van der Waals surface area (Å²) in [4.78, 5) is 18.6. The summed E-state index contributed by atoms with van der Waals surface area (Å²) in [5.74, 6) is 0.956. The Bertz CT molecular complexity index is 798. The van der Waals surface area contributed by atoms with E-state index in [-0.39, 0.29) is 12.5 Å². The van der Waals surface area contributed by atoms with Gasteiger partial charge in [0.2, 0.25) is 0 Å². The highest BCUT2D eigenvalue weighted by Gasteiger charge is 2.41. The standard InChI is InChI=1S/C20H26N4O3/c1-27-17-7-2-5-15(11-17)13-24-10-4-8-20(26,19(24)25)14-22-12-16-6-3-9-23-18(16)21/h2-3,5-7,9,11,22,26H,4,8,10,12-14H2,1H3,(H2,21,23)/t20-/m0/s1. The summed E-state index contributed by atoms with van der Waals surface area (Å²) in [7, 11) is 1.62. The maximum atomic E-state index is 12.9. The number of anilines is 1. The van der Waals surface area contributed by atoms with Crippen molar-refractivity contribution in [3.63, 3.8) is 0 Å². The second kappa shape index (κ2) is 8.37. The molecule has 1 aromatic carbocycles. The van der Waals surface area contributed by atoms with Gasteiger partial charge in [0.15, 0.2) is 5.60 Å². The van der Waals surface area contributed by atoms with Gasteiger partial charge in [0.1, 0.15) is 11.6 Å². The first-order valence-corrected chi connectivity index (χ1v) is 9.06. The number of nitrogens with one attached hydrogen (secondary N) is 1. The lowest BCUT2D eigenvalue weighted by Crippen LogP contribution is -2.57. The van der Waals surface area contributed by atoms with Crippen LogP contribution in [0.1, 0.15) is 24.0 Å². The van der Waals surface area contributed by atoms with E-state index in [1.807, 2.05) is 36.4 Å². The quantitative estimate of drug-likeness (QED) is 0.680. The molecule has 1 aliphatic heterocycles. The maximum Gasteiger partial charge on any atom is 0.256 e. The summed E-state index contributed by atoms with van der Waals surface area (Å²) in [6.45, 7) is 1.71. The molecular weight excluding hydrogens is 344 g/mol. The number of hydrogen-bond donors (Lipinski definition) is 3. The second-order valence-electron chi connectivity index (χ2n) is 6.86. The second-order valence-corrected chi connectivity index (χ2v) is 6.86. The van der Waals surface area contributed by atoms with Crippen molar-refractivity contribution >= 4 is 11.7 Å². The highest BCUT2D eigenvalue weighted by atomic mass is 16.5. The highest BCUT2D eigenvalue weighted by Crippen LogP contribution is 2.25. The minimum absolute atomic E-state index is 0.175. The largest absolute Gasteiger partial charge is 0.497 e. The van der Waals surface area contributed by atoms with Gasteiger partial charge < -0.3 is 25.8 Å². The van der Waals surface area contributed by atoms with Crippen LogP contribution in [-0.4, -0.2) is 46.7 Å². The molecule has 1 amide bonds. The fraction of sp³-hybridized carbons (Fsp3) is 0.400. The van der Waals surface area contributed by atoms with E-state index in [1.54, 1.807) is 18.2 Å². The molecule has 3 rings (SSSR count). The molecule has 1 fully saturated rings. The Morgan fingerprint density at radius 1 is 1.37 bits per heavy atom. The lowest BCUT2D eigenvalue weighted by atomic mass is 9.91. The van der Waals surface area contributed by atoms with E-state index >= 15 is 0 Å². The maximum absolute atomic E-state index is 12.9. The zero-order valence-electron chi connectivity index (χ0n) is 15.5. The van der Waals surface area contributed by atoms with Gasteiger partial charge in [-0.15, -0.1) is 0 Å². The van der Waals surface area contributed by atoms with E-state index in [9.17, 15) is 9.90 Å². The Kier molecular flexibility index (Phi) is 5.93. The number of carbonyl (C=O) groups excluding carboxylic acids is 1. The lowest BCUT2D eigenvalue weighted by molar-refractivity contribution is -0.157. The van der Waals surface area contributed by atoms with Crippen molar-refractivity contribution in [1.82, 2.24) is 15.2 Å². The van der Waals surface area contributed by atoms with Gasteiger partial charge in [-0.3, -0.25) is 4.79 Å². The number of amides is 1. The molecule has 144 valence electrons. The van der Waals surface area contributed by atoms with Gasteiger partial charge in [0, 0.05) is 37.9 Å². The first-order chi connectivity index (χ1) is 13.0. The first-order valence-electron chi connectivity index (χ1n) is 9.06. The van der Waals surface area contributed by atoms with Crippen molar-refractivity contribution in [2.24, 2.45) is 0 Å². The van der Waals surface area contributed by atoms with E-state index in [1.165, 1.54) is 0 Å². The molecule has 0 aliphatic carbocycles. The van der Waals surface area contributed by atoms with Gasteiger partial charge in [-0.05, 0) is 36.6 Å². The predicted octanol–water partition coefficient (Wildman–Crippen LogP) is 1.32. The molecule has 4 N–H and O–H groups in total. The molecule has 7 nitrogen and oxygen atoms in total. The molecule has 0 saturated carbocycles. The number of piperidine rings is 1. The molecule has 0 radical (unpaired) electrons. The third kappa shape index (κ3) is 4.56. The number of methoxy groups -OCH3 is 1. The fourth-order valence-corrected chi connectivity index (χ4v) is 3.38. The van der Waals surface area contributed by atoms with Gasteiger partial charge in [-0.25, -0.2) is 4.98 Å². The molecule has 27 heavy (non-hydrogen) atoms. The van der Waals surface area contributed by atoms with Crippen molar-refractivity contribution in [2.75, 3.05) is 25.9 Å². The predicted molar refractivity (Wildman–Crippen MR) is 103 cm³/mol. The molecule has 2 heterocycles. The number of hydrogen-bond acceptors (Lipinski definition) is 6. The minimum Gasteiger partial charge on any atom is -0.497 e. The van der Waals surface area contributed by atoms with Crippen LogP contribution in [0, 0.1) is 0 Å². The van der Waals surface area contributed by atoms with Gasteiger partial charge in [-0.2, -0.15) is 0 Å². The minimum atomic E-state index is -1.41. The third-order valence-electron chi connectivity index (χ3n) is 4.87. The lowest BCUT2D eigenvalue weighted by Gasteiger charge is -2.38. The summed E-state index contributed by atoms with van der Waals surface area (Å²) >= 11 is 0. The third-order valence-corrected chi connectivity index (χ3v) is 4.87. The monoisotopic (exact) mass is 370 g/mol. The Morgan fingerprint density at radius 2 is 2.22 bits per heavy atom. The van der Waals surface area contributed by atoms with Crippen LogP contribution < -0.4 is 15.8 Å². The van der Waals surface area contributed by atoms with Gasteiger partial charge in [0.25, 0.3) is 5.91 Å². The molecule has 1 saturated heterocycles. The van der Waals surface area contributed by atoms with Crippen LogP contribution >= 0.6 is 0 Å². The van der Waals surface area contributed by atoms with Crippen LogP contribution in [0.5, 0.6) is 5.75 Å². The molecule has 0 bridgehead atoms. The Balaban J connectivity index is 1.61. The van der Waals surface area contributed by atoms with Crippen molar-refractivity contribution in [1.29, 1.82) is 0 Å². The van der Waals surface area contributed by atoms with Crippen molar-refractivity contribution in [2.45, 2.75) is 31.5 Å². The number of carbonyl (C=O) groups is 1. The number of pyridine rings is 1. The SMILES string of the molecule is COc1cccc(CN2CCC[C@](O)(CNCc3cccnc3N)C2=O)c1. The number of nitrogens with two attached hydrogens (primary N) is 1. The van der Waals surface area contributed by atoms with Crippen LogP contribution in [0.25, 0.3) is 0 Å². The summed E-state index contributed by atoms with van der Waals surface area (Å²) in [6.07, 6.45) is 2.83. The molecule has 1 atom stereocenters. The summed E-state index contributed by atoms with van der Waals surface area (Å²) < 4.78 is 5.24. The molecule has 0 spiro atoms. The van der Waals surface area contributed by atoms with Crippen molar-refractivity contribution < 1.29 is 14.6 Å². The van der Waals surface area contributed by atoms with Crippen LogP contribution in [0.3, 0.4) is 0 Å². The number of aromatic nitrogens is 1. The highest BCUT2D eigenvalue weighted by molar-refractivity contribution is 5.86. The first kappa shape index (κ1) is 19.1. The Morgan fingerprint density at radius 3 is 3.00 bits per heavy atom. The average Bonchev–Trinajstić information content (AvgIpc) is 2.67. The molecule has 2 aromatic rings. The van der Waals surface area contributed by atoms with Crippen LogP contribution in [0.15, 0.2) is 42.6 Å². The van der Waals surface area contributed by atoms with Gasteiger partial charge in [0.05, 0.1) is 7.11 Å². The summed E-state index contributed by atoms with van der Waals surface area (Å²) in [5, 5.41) is 14.1. The van der Waals surface area contributed by atoms with E-state index in [2.05, 4.69) is 10.3 Å². The number of likely N-dealkylation sites (tertiary alicyclic amines) is 1. The van der Waals surface area contributed by atoms with Crippen LogP contribution in [-0.2, 0) is 17.9 Å². The Hall–Kier alpha value is -2.64.